The summed E-state index contributed by atoms with van der Waals surface area (Å²) in [5.74, 6) is 0.743. The Morgan fingerprint density at radius 1 is 1.19 bits per heavy atom. The van der Waals surface area contributed by atoms with Crippen LogP contribution in [0.25, 0.3) is 22.2 Å². The van der Waals surface area contributed by atoms with E-state index in [0.717, 1.165) is 34.7 Å². The molecule has 1 saturated carbocycles. The van der Waals surface area contributed by atoms with E-state index in [9.17, 15) is 18.0 Å². The zero-order chi connectivity index (χ0) is 19.0. The molecule has 0 radical (unpaired) electrons. The minimum atomic E-state index is -4.39. The molecule has 1 aliphatic rings. The number of halogens is 3. The summed E-state index contributed by atoms with van der Waals surface area (Å²) in [6.45, 7) is 0.448. The van der Waals surface area contributed by atoms with Crippen molar-refractivity contribution in [2.24, 2.45) is 5.92 Å². The lowest BCUT2D eigenvalue weighted by atomic mass is 10.1. The molecule has 0 spiro atoms. The SMILES string of the molecule is O=C(NCc1ccc(-c2noc(-c3ccc(C(F)(F)F)cc3)n2)s1)C1CC1. The molecule has 0 atom stereocenters. The highest BCUT2D eigenvalue weighted by molar-refractivity contribution is 7.15. The lowest BCUT2D eigenvalue weighted by Gasteiger charge is -2.05. The number of amides is 1. The Labute approximate surface area is 156 Å². The first kappa shape index (κ1) is 17.7. The molecule has 2 aromatic heterocycles. The Hall–Kier alpha value is -2.68. The summed E-state index contributed by atoms with van der Waals surface area (Å²) in [6.07, 6.45) is -2.48. The monoisotopic (exact) mass is 393 g/mol. The van der Waals surface area contributed by atoms with E-state index in [0.29, 0.717) is 17.9 Å². The van der Waals surface area contributed by atoms with Crippen LogP contribution in [0.15, 0.2) is 40.9 Å². The minimum Gasteiger partial charge on any atom is -0.351 e. The Bertz CT molecular complexity index is 959. The predicted octanol–water partition coefficient (Wildman–Crippen LogP) is 4.51. The number of benzene rings is 1. The van der Waals surface area contributed by atoms with Gasteiger partial charge in [0.25, 0.3) is 5.89 Å². The van der Waals surface area contributed by atoms with Crippen LogP contribution in [0.2, 0.25) is 0 Å². The van der Waals surface area contributed by atoms with Gasteiger partial charge in [-0.3, -0.25) is 4.79 Å². The van der Waals surface area contributed by atoms with Crippen molar-refractivity contribution in [2.45, 2.75) is 25.6 Å². The van der Waals surface area contributed by atoms with E-state index in [2.05, 4.69) is 15.5 Å². The van der Waals surface area contributed by atoms with Crippen molar-refractivity contribution in [2.75, 3.05) is 0 Å². The fourth-order valence-corrected chi connectivity index (χ4v) is 3.37. The molecule has 4 rings (SSSR count). The van der Waals surface area contributed by atoms with Crippen LogP contribution in [0.3, 0.4) is 0 Å². The van der Waals surface area contributed by atoms with Crippen molar-refractivity contribution in [3.8, 4) is 22.2 Å². The highest BCUT2D eigenvalue weighted by Gasteiger charge is 2.30. The van der Waals surface area contributed by atoms with Gasteiger partial charge in [-0.1, -0.05) is 5.16 Å². The summed E-state index contributed by atoms with van der Waals surface area (Å²) in [5, 5.41) is 6.79. The minimum absolute atomic E-state index is 0.0779. The quantitative estimate of drug-likeness (QED) is 0.693. The van der Waals surface area contributed by atoms with Crippen LogP contribution in [0, 0.1) is 5.92 Å². The molecule has 5 nitrogen and oxygen atoms in total. The topological polar surface area (TPSA) is 68.0 Å². The Morgan fingerprint density at radius 2 is 1.93 bits per heavy atom. The van der Waals surface area contributed by atoms with Gasteiger partial charge in [-0.05, 0) is 49.2 Å². The number of carbonyl (C=O) groups excluding carboxylic acids is 1. The van der Waals surface area contributed by atoms with Crippen LogP contribution in [0.1, 0.15) is 23.3 Å². The fraction of sp³-hybridized carbons (Fsp3) is 0.278. The van der Waals surface area contributed by atoms with E-state index in [4.69, 9.17) is 4.52 Å². The third kappa shape index (κ3) is 4.02. The smallest absolute Gasteiger partial charge is 0.351 e. The largest absolute Gasteiger partial charge is 0.416 e. The maximum absolute atomic E-state index is 12.6. The third-order valence-corrected chi connectivity index (χ3v) is 5.23. The number of rotatable bonds is 5. The van der Waals surface area contributed by atoms with Gasteiger partial charge in [0.05, 0.1) is 17.0 Å². The van der Waals surface area contributed by atoms with Crippen LogP contribution in [-0.2, 0) is 17.5 Å². The van der Waals surface area contributed by atoms with E-state index in [1.807, 2.05) is 12.1 Å². The molecule has 0 unspecified atom stereocenters. The van der Waals surface area contributed by atoms with E-state index in [1.165, 1.54) is 23.5 Å². The number of nitrogens with zero attached hydrogens (tertiary/aromatic N) is 2. The number of aromatic nitrogens is 2. The van der Waals surface area contributed by atoms with Gasteiger partial charge in [0, 0.05) is 16.4 Å². The molecule has 1 fully saturated rings. The molecular weight excluding hydrogens is 379 g/mol. The second kappa shape index (κ2) is 6.80. The molecule has 140 valence electrons. The molecule has 0 bridgehead atoms. The second-order valence-electron chi connectivity index (χ2n) is 6.26. The summed E-state index contributed by atoms with van der Waals surface area (Å²) in [7, 11) is 0. The van der Waals surface area contributed by atoms with Crippen LogP contribution < -0.4 is 5.32 Å². The summed E-state index contributed by atoms with van der Waals surface area (Å²) < 4.78 is 43.1. The molecule has 27 heavy (non-hydrogen) atoms. The van der Waals surface area contributed by atoms with Gasteiger partial charge < -0.3 is 9.84 Å². The molecule has 3 aromatic rings. The Balaban J connectivity index is 1.45. The van der Waals surface area contributed by atoms with Crippen LogP contribution in [0.4, 0.5) is 13.2 Å². The standard InChI is InChI=1S/C18H14F3N3O2S/c19-18(20,21)12-5-3-11(4-6-12)17-23-15(24-26-17)14-8-7-13(27-14)9-22-16(25)10-1-2-10/h3-8,10H,1-2,9H2,(H,22,25). The van der Waals surface area contributed by atoms with Crippen LogP contribution in [-0.4, -0.2) is 16.0 Å². The average Bonchev–Trinajstić information content (AvgIpc) is 3.19. The number of alkyl halides is 3. The van der Waals surface area contributed by atoms with Crippen molar-refractivity contribution in [1.29, 1.82) is 0 Å². The fourth-order valence-electron chi connectivity index (χ4n) is 2.50. The first-order valence-corrected chi connectivity index (χ1v) is 9.10. The van der Waals surface area contributed by atoms with E-state index >= 15 is 0 Å². The van der Waals surface area contributed by atoms with Gasteiger partial charge in [-0.25, -0.2) is 0 Å². The number of hydrogen-bond acceptors (Lipinski definition) is 5. The third-order valence-electron chi connectivity index (χ3n) is 4.15. The Morgan fingerprint density at radius 3 is 2.59 bits per heavy atom. The van der Waals surface area contributed by atoms with Gasteiger partial charge in [0.1, 0.15) is 0 Å². The highest BCUT2D eigenvalue weighted by Crippen LogP contribution is 2.32. The van der Waals surface area contributed by atoms with Crippen molar-refractivity contribution >= 4 is 17.2 Å². The molecule has 1 N–H and O–H groups in total. The zero-order valence-electron chi connectivity index (χ0n) is 13.9. The molecule has 0 saturated heterocycles. The zero-order valence-corrected chi connectivity index (χ0v) is 14.7. The molecule has 0 aliphatic heterocycles. The van der Waals surface area contributed by atoms with Gasteiger partial charge in [-0.2, -0.15) is 18.2 Å². The lowest BCUT2D eigenvalue weighted by molar-refractivity contribution is -0.137. The molecular formula is C18H14F3N3O2S. The number of hydrogen-bond donors (Lipinski definition) is 1. The first-order valence-electron chi connectivity index (χ1n) is 8.28. The Kier molecular flexibility index (Phi) is 4.47. The number of thiophene rings is 1. The predicted molar refractivity (Wildman–Crippen MR) is 92.6 cm³/mol. The summed E-state index contributed by atoms with van der Waals surface area (Å²) in [6, 6.07) is 8.25. The maximum Gasteiger partial charge on any atom is 0.416 e. The van der Waals surface area contributed by atoms with E-state index < -0.39 is 11.7 Å². The summed E-state index contributed by atoms with van der Waals surface area (Å²) in [5.41, 5.74) is -0.322. The van der Waals surface area contributed by atoms with Crippen molar-refractivity contribution in [1.82, 2.24) is 15.5 Å². The summed E-state index contributed by atoms with van der Waals surface area (Å²) in [4.78, 5) is 17.7. The van der Waals surface area contributed by atoms with Crippen molar-refractivity contribution < 1.29 is 22.5 Å². The summed E-state index contributed by atoms with van der Waals surface area (Å²) >= 11 is 1.43. The molecule has 1 aliphatic carbocycles. The number of carbonyl (C=O) groups is 1. The average molecular weight is 393 g/mol. The van der Waals surface area contributed by atoms with E-state index in [1.54, 1.807) is 0 Å². The van der Waals surface area contributed by atoms with Gasteiger partial charge in [0.15, 0.2) is 0 Å². The normalized spacial score (nSPS) is 14.3. The van der Waals surface area contributed by atoms with Crippen molar-refractivity contribution in [3.63, 3.8) is 0 Å². The van der Waals surface area contributed by atoms with E-state index in [-0.39, 0.29) is 17.7 Å². The second-order valence-corrected chi connectivity index (χ2v) is 7.42. The molecule has 1 aromatic carbocycles. The van der Waals surface area contributed by atoms with Gasteiger partial charge in [-0.15, -0.1) is 11.3 Å². The molecule has 9 heteroatoms. The lowest BCUT2D eigenvalue weighted by Crippen LogP contribution is -2.23. The number of nitrogens with one attached hydrogen (secondary N) is 1. The first-order chi connectivity index (χ1) is 12.9. The van der Waals surface area contributed by atoms with Gasteiger partial charge >= 0.3 is 6.18 Å². The van der Waals surface area contributed by atoms with Gasteiger partial charge in [0.2, 0.25) is 11.7 Å². The molecule has 2 heterocycles. The van der Waals surface area contributed by atoms with Crippen molar-refractivity contribution in [3.05, 3.63) is 46.8 Å². The van der Waals surface area contributed by atoms with Crippen LogP contribution >= 0.6 is 11.3 Å². The maximum atomic E-state index is 12.6. The highest BCUT2D eigenvalue weighted by atomic mass is 32.1. The van der Waals surface area contributed by atoms with Crippen LogP contribution in [0.5, 0.6) is 0 Å². The molecule has 1 amide bonds.